The second kappa shape index (κ2) is 4.88. The summed E-state index contributed by atoms with van der Waals surface area (Å²) in [6.07, 6.45) is -2.03. The molecule has 0 aromatic rings. The molecule has 3 atom stereocenters. The molecule has 3 N–H and O–H groups in total. The molecule has 5 nitrogen and oxygen atoms in total. The minimum atomic E-state index is -1.05. The van der Waals surface area contributed by atoms with E-state index in [1.807, 2.05) is 6.92 Å². The zero-order chi connectivity index (χ0) is 9.84. The van der Waals surface area contributed by atoms with Crippen LogP contribution in [0.5, 0.6) is 0 Å². The van der Waals surface area contributed by atoms with Gasteiger partial charge in [-0.25, -0.2) is 0 Å². The van der Waals surface area contributed by atoms with Crippen LogP contribution < -0.4 is 0 Å². The number of hydroxylamine groups is 2. The normalized spacial score (nSPS) is 36.5. The molecule has 13 heavy (non-hydrogen) atoms. The first-order valence-corrected chi connectivity index (χ1v) is 4.57. The van der Waals surface area contributed by atoms with Gasteiger partial charge in [-0.3, -0.25) is 4.84 Å². The Kier molecular flexibility index (Phi) is 4.08. The molecule has 0 aromatic heterocycles. The maximum Gasteiger partial charge on any atom is 0.108 e. The van der Waals surface area contributed by atoms with Gasteiger partial charge in [0, 0.05) is 0 Å². The zero-order valence-corrected chi connectivity index (χ0v) is 7.76. The summed E-state index contributed by atoms with van der Waals surface area (Å²) in [6.45, 7) is 3.04. The van der Waals surface area contributed by atoms with Crippen molar-refractivity contribution in [3.05, 3.63) is 0 Å². The van der Waals surface area contributed by atoms with Crippen molar-refractivity contribution in [2.45, 2.75) is 31.7 Å². The highest BCUT2D eigenvalue weighted by molar-refractivity contribution is 4.83. The fraction of sp³-hybridized carbons (Fsp3) is 1.00. The summed E-state index contributed by atoms with van der Waals surface area (Å²) in [5.74, 6) is 0. The van der Waals surface area contributed by atoms with Crippen molar-refractivity contribution in [1.29, 1.82) is 0 Å². The summed E-state index contributed by atoms with van der Waals surface area (Å²) >= 11 is 0. The average molecular weight is 191 g/mol. The highest BCUT2D eigenvalue weighted by atomic mass is 16.7. The molecule has 78 valence electrons. The average Bonchev–Trinajstić information content (AvgIpc) is 2.10. The lowest BCUT2D eigenvalue weighted by Crippen LogP contribution is -2.55. The van der Waals surface area contributed by atoms with Crippen molar-refractivity contribution in [2.24, 2.45) is 0 Å². The molecule has 1 aliphatic rings. The smallest absolute Gasteiger partial charge is 0.108 e. The van der Waals surface area contributed by atoms with Gasteiger partial charge in [-0.15, -0.1) is 0 Å². The van der Waals surface area contributed by atoms with E-state index in [1.165, 1.54) is 5.06 Å². The third kappa shape index (κ3) is 2.89. The Balaban J connectivity index is 2.35. The standard InChI is InChI=1S/C8H17NO4/c1-2-3-13-9-4-6(10)8(12)7(11)5-9/h6-8,10-12H,2-5H2,1H3/t6-,7+,8?. The topological polar surface area (TPSA) is 73.2 Å². The molecule has 1 rings (SSSR count). The van der Waals surface area contributed by atoms with Gasteiger partial charge in [0.2, 0.25) is 0 Å². The summed E-state index contributed by atoms with van der Waals surface area (Å²) in [5.41, 5.74) is 0. The van der Waals surface area contributed by atoms with Crippen LogP contribution in [-0.2, 0) is 4.84 Å². The molecule has 0 radical (unpaired) electrons. The summed E-state index contributed by atoms with van der Waals surface area (Å²) in [5, 5.41) is 29.3. The molecule has 1 aliphatic heterocycles. The number of aliphatic hydroxyl groups excluding tert-OH is 3. The fourth-order valence-electron chi connectivity index (χ4n) is 1.29. The van der Waals surface area contributed by atoms with Crippen molar-refractivity contribution in [3.8, 4) is 0 Å². The van der Waals surface area contributed by atoms with E-state index in [4.69, 9.17) is 4.84 Å². The number of β-amino-alcohol motifs (C(OH)–C–C–N with tert-alkyl or cyclic N) is 2. The molecule has 0 bridgehead atoms. The van der Waals surface area contributed by atoms with Crippen molar-refractivity contribution in [3.63, 3.8) is 0 Å². The molecule has 1 fully saturated rings. The van der Waals surface area contributed by atoms with Crippen LogP contribution >= 0.6 is 0 Å². The van der Waals surface area contributed by atoms with Crippen LogP contribution in [0.3, 0.4) is 0 Å². The highest BCUT2D eigenvalue weighted by Crippen LogP contribution is 2.11. The van der Waals surface area contributed by atoms with Gasteiger partial charge in [0.1, 0.15) is 6.10 Å². The Morgan fingerprint density at radius 1 is 1.23 bits per heavy atom. The van der Waals surface area contributed by atoms with Gasteiger partial charge in [0.05, 0.1) is 31.9 Å². The molecule has 1 heterocycles. The van der Waals surface area contributed by atoms with Crippen LogP contribution in [-0.4, -0.2) is 58.4 Å². The molecule has 0 amide bonds. The number of piperidine rings is 1. The molecule has 5 heteroatoms. The summed E-state index contributed by atoms with van der Waals surface area (Å²) in [6, 6.07) is 0. The van der Waals surface area contributed by atoms with Gasteiger partial charge in [0.15, 0.2) is 0 Å². The summed E-state index contributed by atoms with van der Waals surface area (Å²) in [4.78, 5) is 5.22. The SMILES string of the molecule is CCCON1C[C@@H](O)C(O)[C@@H](O)C1. The van der Waals surface area contributed by atoms with Crippen LogP contribution in [0.25, 0.3) is 0 Å². The number of rotatable bonds is 3. The minimum absolute atomic E-state index is 0.248. The van der Waals surface area contributed by atoms with Crippen molar-refractivity contribution >= 4 is 0 Å². The molecule has 1 saturated heterocycles. The van der Waals surface area contributed by atoms with E-state index in [0.717, 1.165) is 6.42 Å². The predicted molar refractivity (Wildman–Crippen MR) is 45.8 cm³/mol. The predicted octanol–water partition coefficient (Wildman–Crippen LogP) is -1.27. The summed E-state index contributed by atoms with van der Waals surface area (Å²) in [7, 11) is 0. The van der Waals surface area contributed by atoms with Gasteiger partial charge in [-0.1, -0.05) is 6.92 Å². The maximum absolute atomic E-state index is 9.29. The molecule has 0 saturated carbocycles. The first kappa shape index (κ1) is 10.9. The third-order valence-electron chi connectivity index (χ3n) is 2.05. The summed E-state index contributed by atoms with van der Waals surface area (Å²) < 4.78 is 0. The van der Waals surface area contributed by atoms with Gasteiger partial charge in [-0.05, 0) is 6.42 Å². The van der Waals surface area contributed by atoms with Crippen LogP contribution in [0.4, 0.5) is 0 Å². The lowest BCUT2D eigenvalue weighted by Gasteiger charge is -2.35. The Morgan fingerprint density at radius 2 is 1.77 bits per heavy atom. The quantitative estimate of drug-likeness (QED) is 0.518. The molecule has 0 spiro atoms. The van der Waals surface area contributed by atoms with Gasteiger partial charge < -0.3 is 15.3 Å². The largest absolute Gasteiger partial charge is 0.389 e. The Hall–Kier alpha value is -0.200. The number of hydrogen-bond donors (Lipinski definition) is 3. The van der Waals surface area contributed by atoms with E-state index in [1.54, 1.807) is 0 Å². The highest BCUT2D eigenvalue weighted by Gasteiger charge is 2.33. The minimum Gasteiger partial charge on any atom is -0.389 e. The lowest BCUT2D eigenvalue weighted by atomic mass is 10.0. The van der Waals surface area contributed by atoms with Crippen LogP contribution in [0.1, 0.15) is 13.3 Å². The second-order valence-electron chi connectivity index (χ2n) is 3.31. The molecular weight excluding hydrogens is 174 g/mol. The Labute approximate surface area is 77.5 Å². The van der Waals surface area contributed by atoms with Crippen molar-refractivity contribution in [2.75, 3.05) is 19.7 Å². The number of hydrogen-bond acceptors (Lipinski definition) is 5. The van der Waals surface area contributed by atoms with E-state index < -0.39 is 18.3 Å². The molecule has 1 unspecified atom stereocenters. The van der Waals surface area contributed by atoms with E-state index in [9.17, 15) is 15.3 Å². The van der Waals surface area contributed by atoms with E-state index in [-0.39, 0.29) is 13.1 Å². The van der Waals surface area contributed by atoms with Crippen LogP contribution in [0.15, 0.2) is 0 Å². The fourth-order valence-corrected chi connectivity index (χ4v) is 1.29. The molecule has 0 aromatic carbocycles. The van der Waals surface area contributed by atoms with E-state index in [2.05, 4.69) is 0 Å². The van der Waals surface area contributed by atoms with E-state index in [0.29, 0.717) is 6.61 Å². The first-order valence-electron chi connectivity index (χ1n) is 4.57. The zero-order valence-electron chi connectivity index (χ0n) is 7.76. The van der Waals surface area contributed by atoms with Gasteiger partial charge in [-0.2, -0.15) is 5.06 Å². The monoisotopic (exact) mass is 191 g/mol. The van der Waals surface area contributed by atoms with Crippen molar-refractivity contribution in [1.82, 2.24) is 5.06 Å². The molecular formula is C8H17NO4. The van der Waals surface area contributed by atoms with Gasteiger partial charge >= 0.3 is 0 Å². The van der Waals surface area contributed by atoms with E-state index >= 15 is 0 Å². The first-order chi connectivity index (χ1) is 6.15. The Morgan fingerprint density at radius 3 is 2.23 bits per heavy atom. The third-order valence-corrected chi connectivity index (χ3v) is 2.05. The van der Waals surface area contributed by atoms with Crippen LogP contribution in [0, 0.1) is 0 Å². The molecule has 0 aliphatic carbocycles. The number of nitrogens with zero attached hydrogens (tertiary/aromatic N) is 1. The lowest BCUT2D eigenvalue weighted by molar-refractivity contribution is -0.232. The van der Waals surface area contributed by atoms with Crippen LogP contribution in [0.2, 0.25) is 0 Å². The second-order valence-corrected chi connectivity index (χ2v) is 3.31. The maximum atomic E-state index is 9.29. The Bertz CT molecular complexity index is 143. The van der Waals surface area contributed by atoms with Gasteiger partial charge in [0.25, 0.3) is 0 Å². The number of aliphatic hydroxyl groups is 3. The van der Waals surface area contributed by atoms with Crippen molar-refractivity contribution < 1.29 is 20.2 Å².